The maximum atomic E-state index is 13.5. The first-order chi connectivity index (χ1) is 32.2. The van der Waals surface area contributed by atoms with Crippen LogP contribution in [0.3, 0.4) is 0 Å². The Morgan fingerprint density at radius 1 is 0.627 bits per heavy atom. The third-order valence-electron chi connectivity index (χ3n) is 10.8. The van der Waals surface area contributed by atoms with Crippen LogP contribution in [-0.2, 0) is 0 Å². The molecule has 17 heteroatoms. The van der Waals surface area contributed by atoms with Crippen molar-refractivity contribution in [3.8, 4) is 11.4 Å². The topological polar surface area (TPSA) is 197 Å². The smallest absolute Gasteiger partial charge is 0.341 e. The Balaban J connectivity index is 0.000000152. The molecule has 0 saturated heterocycles. The van der Waals surface area contributed by atoms with Gasteiger partial charge in [0.25, 0.3) is 17.0 Å². The number of halogens is 2. The highest BCUT2D eigenvalue weighted by atomic mass is 35.5. The van der Waals surface area contributed by atoms with E-state index in [1.165, 1.54) is 16.9 Å². The molecule has 0 aliphatic heterocycles. The Morgan fingerprint density at radius 2 is 1.07 bits per heavy atom. The van der Waals surface area contributed by atoms with E-state index in [2.05, 4.69) is 25.5 Å². The van der Waals surface area contributed by atoms with Crippen LogP contribution < -0.4 is 22.2 Å². The number of nitrogens with two attached hydrogens (primary N) is 1. The van der Waals surface area contributed by atoms with Gasteiger partial charge >= 0.3 is 5.97 Å². The third-order valence-corrected chi connectivity index (χ3v) is 11.5. The van der Waals surface area contributed by atoms with E-state index in [-0.39, 0.29) is 28.6 Å². The van der Waals surface area contributed by atoms with Gasteiger partial charge in [0.1, 0.15) is 11.1 Å². The number of hydrogen-bond donors (Lipinski definition) is 3. The minimum Gasteiger partial charge on any atom is -0.477 e. The Kier molecular flexibility index (Phi) is 13.1. The maximum Gasteiger partial charge on any atom is 0.341 e. The van der Waals surface area contributed by atoms with E-state index >= 15 is 0 Å². The lowest BCUT2D eigenvalue weighted by atomic mass is 10.1. The number of hydrogen-bond acceptors (Lipinski definition) is 9. The van der Waals surface area contributed by atoms with E-state index in [0.29, 0.717) is 54.4 Å². The minimum absolute atomic E-state index is 0.128. The van der Waals surface area contributed by atoms with E-state index in [4.69, 9.17) is 34.0 Å². The molecule has 0 fully saturated rings. The summed E-state index contributed by atoms with van der Waals surface area (Å²) < 4.78 is 6.23. The van der Waals surface area contributed by atoms with Crippen molar-refractivity contribution in [3.63, 3.8) is 0 Å². The van der Waals surface area contributed by atoms with Gasteiger partial charge in [0.2, 0.25) is 0 Å². The van der Waals surface area contributed by atoms with Gasteiger partial charge in [-0.15, -0.1) is 0 Å². The summed E-state index contributed by atoms with van der Waals surface area (Å²) in [6.07, 6.45) is 6.24. The molecule has 4 aromatic carbocycles. The quantitative estimate of drug-likeness (QED) is 0.139. The van der Waals surface area contributed by atoms with Crippen LogP contribution in [0, 0.1) is 13.8 Å². The lowest BCUT2D eigenvalue weighted by Gasteiger charge is -2.21. The number of fused-ring (bicyclic) bond motifs is 4. The van der Waals surface area contributed by atoms with E-state index in [0.717, 1.165) is 28.2 Å². The Labute approximate surface area is 392 Å². The van der Waals surface area contributed by atoms with Crippen molar-refractivity contribution >= 4 is 67.9 Å². The predicted molar refractivity (Wildman–Crippen MR) is 260 cm³/mol. The van der Waals surface area contributed by atoms with Gasteiger partial charge in [-0.25, -0.2) is 23.8 Å². The van der Waals surface area contributed by atoms with Crippen LogP contribution in [0.4, 0.5) is 0 Å². The second-order valence-corrected chi connectivity index (χ2v) is 16.4. The van der Waals surface area contributed by atoms with Crippen LogP contribution in [0.5, 0.6) is 0 Å². The number of carbonyl (C=O) groups is 2. The first-order valence-corrected chi connectivity index (χ1v) is 21.7. The van der Waals surface area contributed by atoms with E-state index in [1.807, 2.05) is 118 Å². The number of nitrogens with zero attached hydrogens (tertiary/aromatic N) is 8. The van der Waals surface area contributed by atoms with Gasteiger partial charge in [-0.1, -0.05) is 83.9 Å². The van der Waals surface area contributed by atoms with E-state index < -0.39 is 12.0 Å². The molecule has 4 N–H and O–H groups in total. The zero-order valence-electron chi connectivity index (χ0n) is 36.5. The molecule has 0 spiro atoms. The molecule has 67 heavy (non-hydrogen) atoms. The summed E-state index contributed by atoms with van der Waals surface area (Å²) in [5, 5.41) is 23.2. The van der Waals surface area contributed by atoms with Gasteiger partial charge < -0.3 is 16.2 Å². The standard InChI is InChI=1S/C25H20ClN5O2.C17H15ClN2O.C8H7N3O2/c1-15-11-12-30-23(28-15)19(14-27-30)24(32)29-16(2)21-13-17-7-6-10-20(26)22(17)25(33)31(21)18-8-4-3-5-9-18;1-11(19)15-10-12-6-5-9-14(18)16(12)17(21)20(15)13-7-3-2-4-8-13;1-5-2-3-11-7(10-5)6(4-9-11)8(12)13/h3-14,16H,1-2H3,(H,29,32);2-11H,19H2,1H3;2-4H,1H3,(H,12,13)/t16-;11-;/m00./s1. The number of nitrogens with one attached hydrogen (secondary N) is 1. The van der Waals surface area contributed by atoms with E-state index in [1.54, 1.807) is 57.2 Å². The third kappa shape index (κ3) is 9.29. The summed E-state index contributed by atoms with van der Waals surface area (Å²) in [7, 11) is 0. The number of carbonyl (C=O) groups excluding carboxylic acids is 1. The highest BCUT2D eigenvalue weighted by Gasteiger charge is 2.22. The van der Waals surface area contributed by atoms with Gasteiger partial charge in [0.15, 0.2) is 11.3 Å². The van der Waals surface area contributed by atoms with Crippen molar-refractivity contribution in [1.82, 2.24) is 43.6 Å². The fraction of sp³-hybridized carbons (Fsp3) is 0.120. The van der Waals surface area contributed by atoms with Gasteiger partial charge in [0, 0.05) is 52.6 Å². The number of amides is 1. The molecule has 0 unspecified atom stereocenters. The van der Waals surface area contributed by atoms with Gasteiger partial charge in [-0.2, -0.15) is 10.2 Å². The molecule has 6 heterocycles. The fourth-order valence-corrected chi connectivity index (χ4v) is 8.12. The number of aromatic carboxylic acids is 1. The lowest BCUT2D eigenvalue weighted by molar-refractivity contribution is 0.0698. The van der Waals surface area contributed by atoms with Crippen LogP contribution in [-0.4, -0.2) is 55.3 Å². The number of pyridine rings is 2. The number of para-hydroxylation sites is 2. The predicted octanol–water partition coefficient (Wildman–Crippen LogP) is 8.89. The van der Waals surface area contributed by atoms with Gasteiger partial charge in [-0.05, 0) is 99.1 Å². The number of carboxylic acids is 1. The first-order valence-electron chi connectivity index (χ1n) is 20.9. The maximum absolute atomic E-state index is 13.5. The van der Waals surface area contributed by atoms with Crippen LogP contribution in [0.15, 0.2) is 156 Å². The van der Waals surface area contributed by atoms with Crippen molar-refractivity contribution in [2.75, 3.05) is 0 Å². The van der Waals surface area contributed by atoms with Crippen LogP contribution in [0.1, 0.15) is 69.4 Å². The second-order valence-electron chi connectivity index (χ2n) is 15.6. The largest absolute Gasteiger partial charge is 0.477 e. The zero-order chi connectivity index (χ0) is 47.5. The van der Waals surface area contributed by atoms with Crippen molar-refractivity contribution < 1.29 is 14.7 Å². The number of aromatic nitrogens is 8. The monoisotopic (exact) mass is 932 g/mol. The van der Waals surface area contributed by atoms with Crippen molar-refractivity contribution in [3.05, 3.63) is 211 Å². The van der Waals surface area contributed by atoms with Crippen LogP contribution >= 0.6 is 23.2 Å². The summed E-state index contributed by atoms with van der Waals surface area (Å²) in [6, 6.07) is 36.2. The average molecular weight is 934 g/mol. The van der Waals surface area contributed by atoms with Gasteiger partial charge in [0.05, 0.1) is 39.3 Å². The first kappa shape index (κ1) is 45.6. The Hall–Kier alpha value is -7.98. The summed E-state index contributed by atoms with van der Waals surface area (Å²) >= 11 is 12.6. The van der Waals surface area contributed by atoms with Crippen molar-refractivity contribution in [2.45, 2.75) is 39.8 Å². The highest BCUT2D eigenvalue weighted by molar-refractivity contribution is 6.35. The second kappa shape index (κ2) is 19.2. The van der Waals surface area contributed by atoms with Crippen LogP contribution in [0.2, 0.25) is 10.0 Å². The highest BCUT2D eigenvalue weighted by Crippen LogP contribution is 2.27. The van der Waals surface area contributed by atoms with Crippen molar-refractivity contribution in [1.29, 1.82) is 0 Å². The number of carboxylic acid groups (broad SMARTS) is 1. The number of aryl methyl sites for hydroxylation is 2. The molecule has 15 nitrogen and oxygen atoms in total. The molecule has 0 radical (unpaired) electrons. The van der Waals surface area contributed by atoms with E-state index in [9.17, 15) is 19.2 Å². The number of benzene rings is 4. The molecule has 1 amide bonds. The average Bonchev–Trinajstić information content (AvgIpc) is 3.94. The molecule has 6 aromatic heterocycles. The number of rotatable bonds is 7. The molecule has 2 atom stereocenters. The Bertz CT molecular complexity index is 3610. The van der Waals surface area contributed by atoms with Gasteiger partial charge in [-0.3, -0.25) is 23.5 Å². The van der Waals surface area contributed by atoms with Crippen molar-refractivity contribution in [2.24, 2.45) is 5.73 Å². The van der Waals surface area contributed by atoms with Crippen LogP contribution in [0.25, 0.3) is 44.2 Å². The summed E-state index contributed by atoms with van der Waals surface area (Å²) in [6.45, 7) is 7.37. The Morgan fingerprint density at radius 3 is 1.55 bits per heavy atom. The summed E-state index contributed by atoms with van der Waals surface area (Å²) in [4.78, 5) is 58.8. The molecule has 336 valence electrons. The molecule has 10 rings (SSSR count). The molecule has 10 aromatic rings. The summed E-state index contributed by atoms with van der Waals surface area (Å²) in [5.41, 5.74) is 11.5. The molecular formula is C50H42Cl2N10O5. The zero-order valence-corrected chi connectivity index (χ0v) is 38.0. The minimum atomic E-state index is -1.01. The fourth-order valence-electron chi connectivity index (χ4n) is 7.60. The molecule has 0 aliphatic rings. The molecule has 0 saturated carbocycles. The molecule has 0 bridgehead atoms. The molecular weight excluding hydrogens is 892 g/mol. The SMILES string of the molecule is C[C@H](N)c1cc2cccc(Cl)c2c(=O)n1-c1ccccc1.Cc1ccn2ncc(C(=O)N[C@@H](C)c3cc4cccc(Cl)c4c(=O)n3-c3ccccc3)c2n1.Cc1ccn2ncc(C(=O)O)c2n1. The lowest BCUT2D eigenvalue weighted by Crippen LogP contribution is -2.32. The normalized spacial score (nSPS) is 12.0. The molecule has 0 aliphatic carbocycles. The summed E-state index contributed by atoms with van der Waals surface area (Å²) in [5.74, 6) is -1.33.